The number of benzene rings is 3. The summed E-state index contributed by atoms with van der Waals surface area (Å²) in [5.41, 5.74) is 12.3. The van der Waals surface area contributed by atoms with Crippen LogP contribution in [-0.4, -0.2) is 90.0 Å². The SMILES string of the molecule is C/C=C(\C(=O)O[C@@H]1Cc2c3c(c4oc(CO)cc(=O)c4c2O)[C@@H]2C4=CCNC(N)=C4[C@H](CCc4ccc(O)cc4[C@@H]2CO)[C@@H]2CCC4=C5C=C[C@H](C)NC5NC=C4C[C@@H]2[C@]1(C)O3)[C@@]1(O)C[C@H]2c3cccc4c3[C@@]3(C=C[C@H]2[C@H]1C3)C[C@@]1(CC[C@H]2CCCC[C@@]2(O)C1)[C@@H]4O. The van der Waals surface area contributed by atoms with Gasteiger partial charge in [0.25, 0.3) is 0 Å². The summed E-state index contributed by atoms with van der Waals surface area (Å²) >= 11 is 0. The Morgan fingerprint density at radius 3 is 2.61 bits per heavy atom. The Hall–Kier alpha value is -6.92. The molecular formula is C76H86N4O12. The van der Waals surface area contributed by atoms with Gasteiger partial charge in [-0.1, -0.05) is 73.6 Å². The highest BCUT2D eigenvalue weighted by atomic mass is 16.6. The number of phenolic OH excluding ortho intramolecular Hbond substituents is 2. The van der Waals surface area contributed by atoms with Crippen molar-refractivity contribution < 1.29 is 54.4 Å². The number of dihydropyridines is 2. The van der Waals surface area contributed by atoms with Crippen molar-refractivity contribution in [1.82, 2.24) is 16.0 Å². The van der Waals surface area contributed by atoms with Gasteiger partial charge in [0.2, 0.25) is 0 Å². The Bertz CT molecular complexity index is 4160. The van der Waals surface area contributed by atoms with Crippen LogP contribution < -0.4 is 31.8 Å². The van der Waals surface area contributed by atoms with Gasteiger partial charge in [-0.3, -0.25) is 10.1 Å². The standard InChI is InChI=1S/C76H86N4O12/c1-4-55(76(89)30-53-45-20-24-73(31-57(45)76)35-74(68(86)50-10-7-9-47(53)64(50)73)23-19-40-8-5-6-22-75(40,88)36-74)71(87)91-59-29-52-65(85)62-58(84)28-42(33-81)90-67(62)63-60-49-21-25-78-69(77)61(49)46(16-13-38-12-14-41(83)27-51(38)54(60)34-82)44-18-17-43-39(26-56(44)72(59,3)92-66(52)63)32-79-70-48(43)15-11-37(2)80-70/h4,7,9-12,14-15,20-21,24,27-28,32,37,40,44-46,53-54,56-57,59-60,68,70,78-83,85-86,88-89H,5-6,8,13,16-19,22-23,25-26,29-31,33-36,77H2,1-3H3/b55-4+/t37-,40+,44-,45+,46+,53+,54-,56-,57+,59+,60+,68+,70?,72-,73+,74+,75+,76-/m0/s1. The van der Waals surface area contributed by atoms with E-state index in [0.717, 1.165) is 83.1 Å². The minimum atomic E-state index is -1.67. The van der Waals surface area contributed by atoms with Crippen LogP contribution >= 0.6 is 0 Å². The van der Waals surface area contributed by atoms with E-state index in [1.807, 2.05) is 19.1 Å². The number of nitrogens with one attached hydrogen (secondary N) is 3. The molecule has 482 valence electrons. The quantitative estimate of drug-likeness (QED) is 0.0505. The molecule has 5 aliphatic heterocycles. The van der Waals surface area contributed by atoms with Crippen molar-refractivity contribution in [2.75, 3.05) is 13.2 Å². The highest BCUT2D eigenvalue weighted by Gasteiger charge is 2.67. The largest absolute Gasteiger partial charge is 0.508 e. The maximum Gasteiger partial charge on any atom is 0.337 e. The molecule has 0 amide bonds. The van der Waals surface area contributed by atoms with Crippen molar-refractivity contribution in [3.8, 4) is 17.2 Å². The second-order valence-electron chi connectivity index (χ2n) is 30.4. The van der Waals surface area contributed by atoms with E-state index in [9.17, 15) is 40.5 Å². The zero-order chi connectivity index (χ0) is 63.3. The van der Waals surface area contributed by atoms with E-state index in [2.05, 4.69) is 71.6 Å². The monoisotopic (exact) mass is 1250 g/mol. The third-order valence-corrected chi connectivity index (χ3v) is 26.2. The first kappa shape index (κ1) is 58.9. The molecule has 16 heteroatoms. The number of allylic oxidation sites excluding steroid dienone is 7. The van der Waals surface area contributed by atoms with Crippen LogP contribution in [-0.2, 0) is 34.4 Å². The van der Waals surface area contributed by atoms with E-state index in [4.69, 9.17) is 19.6 Å². The van der Waals surface area contributed by atoms with Crippen molar-refractivity contribution in [1.29, 1.82) is 0 Å². The van der Waals surface area contributed by atoms with Gasteiger partial charge >= 0.3 is 5.97 Å². The van der Waals surface area contributed by atoms with Crippen LogP contribution in [0.25, 0.3) is 11.0 Å². The fourth-order valence-corrected chi connectivity index (χ4v) is 22.3. The third-order valence-electron chi connectivity index (χ3n) is 26.2. The Morgan fingerprint density at radius 1 is 0.935 bits per heavy atom. The highest BCUT2D eigenvalue weighted by molar-refractivity contribution is 5.93. The first-order valence-electron chi connectivity index (χ1n) is 34.3. The second kappa shape index (κ2) is 20.8. The number of fused-ring (bicyclic) bond motifs is 11. The molecule has 14 aliphatic rings. The maximum atomic E-state index is 16.4. The molecule has 0 saturated heterocycles. The maximum absolute atomic E-state index is 16.4. The van der Waals surface area contributed by atoms with Crippen molar-refractivity contribution in [2.45, 2.75) is 194 Å². The number of phenols is 2. The number of aliphatic hydroxyl groups is 5. The Morgan fingerprint density at radius 2 is 1.78 bits per heavy atom. The van der Waals surface area contributed by atoms with E-state index >= 15 is 4.79 Å². The van der Waals surface area contributed by atoms with Gasteiger partial charge in [-0.05, 0) is 202 Å². The summed E-state index contributed by atoms with van der Waals surface area (Å²) in [7, 11) is 0. The summed E-state index contributed by atoms with van der Waals surface area (Å²) in [6.07, 6.45) is 23.2. The fourth-order valence-electron chi connectivity index (χ4n) is 22.3. The topological polar surface area (TPSA) is 269 Å². The number of aliphatic hydroxyl groups excluding tert-OH is 3. The van der Waals surface area contributed by atoms with Crippen LogP contribution in [0.15, 0.2) is 134 Å². The van der Waals surface area contributed by atoms with Crippen LogP contribution in [0.4, 0.5) is 0 Å². The number of hydrogen-bond acceptors (Lipinski definition) is 16. The van der Waals surface area contributed by atoms with E-state index in [1.165, 1.54) is 11.6 Å². The Labute approximate surface area is 535 Å². The lowest BCUT2D eigenvalue weighted by Crippen LogP contribution is -2.59. The number of esters is 1. The number of hydrogen-bond donors (Lipinski definition) is 11. The number of aromatic hydroxyl groups is 2. The van der Waals surface area contributed by atoms with Crippen molar-refractivity contribution in [3.63, 3.8) is 0 Å². The molecule has 2 spiro atoms. The number of ether oxygens (including phenoxy) is 2. The second-order valence-corrected chi connectivity index (χ2v) is 30.4. The molecule has 6 heterocycles. The average Bonchev–Trinajstić information content (AvgIpc) is 1.41. The van der Waals surface area contributed by atoms with Gasteiger partial charge in [-0.2, -0.15) is 0 Å². The number of rotatable bonds is 5. The fraction of sp³-hybridized carbons (Fsp3) is 0.526. The molecule has 16 nitrogen and oxygen atoms in total. The lowest BCUT2D eigenvalue weighted by Gasteiger charge is -2.59. The number of carbonyl (C=O) groups is 1. The van der Waals surface area contributed by atoms with Gasteiger partial charge in [-0.25, -0.2) is 4.79 Å². The average molecular weight is 1250 g/mol. The van der Waals surface area contributed by atoms with Gasteiger partial charge in [0, 0.05) is 76.9 Å². The smallest absolute Gasteiger partial charge is 0.337 e. The van der Waals surface area contributed by atoms with Crippen LogP contribution in [0.1, 0.15) is 179 Å². The van der Waals surface area contributed by atoms with Gasteiger partial charge in [0.1, 0.15) is 69.9 Å². The van der Waals surface area contributed by atoms with Gasteiger partial charge in [-0.15, -0.1) is 0 Å². The predicted molar refractivity (Wildman–Crippen MR) is 345 cm³/mol. The van der Waals surface area contributed by atoms with Crippen LogP contribution in [0.2, 0.25) is 0 Å². The molecule has 4 fully saturated rings. The molecular weight excluding hydrogens is 1160 g/mol. The Balaban J connectivity index is 0.839. The first-order valence-corrected chi connectivity index (χ1v) is 34.3. The van der Waals surface area contributed by atoms with Crippen LogP contribution in [0, 0.1) is 40.9 Å². The first-order chi connectivity index (χ1) is 44.3. The molecule has 1 unspecified atom stereocenters. The molecule has 12 N–H and O–H groups in total. The van der Waals surface area contributed by atoms with Crippen LogP contribution in [0.3, 0.4) is 0 Å². The molecule has 9 aliphatic carbocycles. The Kier molecular flexibility index (Phi) is 13.3. The molecule has 92 heavy (non-hydrogen) atoms. The lowest BCUT2D eigenvalue weighted by atomic mass is 9.47. The summed E-state index contributed by atoms with van der Waals surface area (Å²) in [6, 6.07) is 12.9. The van der Waals surface area contributed by atoms with Crippen LogP contribution in [0.5, 0.6) is 17.2 Å². The normalized spacial score (nSPS) is 39.2. The summed E-state index contributed by atoms with van der Waals surface area (Å²) < 4.78 is 22.0. The minimum Gasteiger partial charge on any atom is -0.508 e. The van der Waals surface area contributed by atoms with E-state index in [-0.39, 0.29) is 94.0 Å². The zero-order valence-electron chi connectivity index (χ0n) is 52.8. The van der Waals surface area contributed by atoms with Gasteiger partial charge in [0.15, 0.2) is 5.43 Å². The third kappa shape index (κ3) is 8.21. The summed E-state index contributed by atoms with van der Waals surface area (Å²) in [5.74, 6) is -3.73. The highest BCUT2D eigenvalue weighted by Crippen LogP contribution is 2.72. The van der Waals surface area contributed by atoms with E-state index in [0.29, 0.717) is 74.9 Å². The molecule has 18 rings (SSSR count). The number of carbonyl (C=O) groups excluding carboxylic acids is 1. The summed E-state index contributed by atoms with van der Waals surface area (Å²) in [6.45, 7) is 5.23. The van der Waals surface area contributed by atoms with Gasteiger partial charge < -0.3 is 66.0 Å². The predicted octanol–water partition coefficient (Wildman–Crippen LogP) is 9.35. The van der Waals surface area contributed by atoms with Crippen molar-refractivity contribution in [3.05, 3.63) is 179 Å². The zero-order valence-corrected chi connectivity index (χ0v) is 52.8. The molecule has 4 saturated carbocycles. The summed E-state index contributed by atoms with van der Waals surface area (Å²) in [4.78, 5) is 31.2. The molecule has 18 atom stereocenters. The van der Waals surface area contributed by atoms with E-state index in [1.54, 1.807) is 25.1 Å². The van der Waals surface area contributed by atoms with E-state index < -0.39 is 93.9 Å². The van der Waals surface area contributed by atoms with Gasteiger partial charge in [0.05, 0.1) is 23.9 Å². The number of aryl methyl sites for hydroxylation is 1. The summed E-state index contributed by atoms with van der Waals surface area (Å²) in [5, 5.41) is 97.6. The lowest BCUT2D eigenvalue weighted by molar-refractivity contribution is -0.172. The molecule has 1 aromatic heterocycles. The molecule has 4 aromatic rings. The molecule has 0 radical (unpaired) electrons. The molecule has 3 aromatic carbocycles. The van der Waals surface area contributed by atoms with Crippen molar-refractivity contribution in [2.24, 2.45) is 46.7 Å². The van der Waals surface area contributed by atoms with Crippen molar-refractivity contribution >= 4 is 16.9 Å². The molecule has 8 bridgehead atoms. The minimum absolute atomic E-state index is 0.0151. The number of nitrogens with two attached hydrogens (primary N) is 1.